The van der Waals surface area contributed by atoms with E-state index < -0.39 is 0 Å². The van der Waals surface area contributed by atoms with Crippen molar-refractivity contribution in [3.8, 4) is 0 Å². The number of thiophene rings is 1. The molecule has 1 aromatic heterocycles. The molecule has 0 aliphatic heterocycles. The second-order valence-electron chi connectivity index (χ2n) is 4.88. The van der Waals surface area contributed by atoms with Crippen molar-refractivity contribution in [3.05, 3.63) is 45.1 Å². The number of hydrogen-bond donors (Lipinski definition) is 1. The Balaban J connectivity index is 2.13. The maximum atomic E-state index is 6.28. The van der Waals surface area contributed by atoms with Crippen LogP contribution in [0.4, 0.5) is 11.4 Å². The van der Waals surface area contributed by atoms with Crippen molar-refractivity contribution in [1.82, 2.24) is 0 Å². The van der Waals surface area contributed by atoms with Crippen molar-refractivity contribution in [2.24, 2.45) is 0 Å². The molecule has 102 valence electrons. The normalized spacial score (nSPS) is 12.3. The minimum Gasteiger partial charge on any atom is -0.378 e. The van der Waals surface area contributed by atoms with Crippen molar-refractivity contribution in [1.29, 1.82) is 0 Å². The van der Waals surface area contributed by atoms with Gasteiger partial charge >= 0.3 is 0 Å². The van der Waals surface area contributed by atoms with E-state index in [1.807, 2.05) is 42.5 Å². The van der Waals surface area contributed by atoms with Crippen LogP contribution in [0.5, 0.6) is 0 Å². The molecule has 1 N–H and O–H groups in total. The monoisotopic (exact) mass is 294 g/mol. The zero-order chi connectivity index (χ0) is 14.0. The molecule has 2 rings (SSSR count). The number of nitrogens with one attached hydrogen (secondary N) is 1. The van der Waals surface area contributed by atoms with E-state index in [1.54, 1.807) is 0 Å². The first kappa shape index (κ1) is 14.2. The summed E-state index contributed by atoms with van der Waals surface area (Å²) in [5.41, 5.74) is 2.08. The Hall–Kier alpha value is -1.19. The van der Waals surface area contributed by atoms with Gasteiger partial charge in [-0.2, -0.15) is 0 Å². The summed E-state index contributed by atoms with van der Waals surface area (Å²) in [6.45, 7) is 4.29. The molecule has 0 spiro atoms. The molecule has 0 saturated heterocycles. The molecule has 2 nitrogen and oxygen atoms in total. The third-order valence-corrected chi connectivity index (χ3v) is 4.49. The average molecular weight is 295 g/mol. The predicted octanol–water partition coefficient (Wildman–Crippen LogP) is 4.95. The van der Waals surface area contributed by atoms with Crippen LogP contribution in [0.25, 0.3) is 0 Å². The standard InChI is InChI=1S/C15H19ClN2S/c1-10-5-8-15(19-10)11(2)17-12-6-7-14(18(3)4)13(16)9-12/h5-9,11,17H,1-4H3. The third-order valence-electron chi connectivity index (χ3n) is 3.00. The summed E-state index contributed by atoms with van der Waals surface area (Å²) in [6, 6.07) is 10.7. The molecule has 2 aromatic rings. The summed E-state index contributed by atoms with van der Waals surface area (Å²) in [6.07, 6.45) is 0. The van der Waals surface area contributed by atoms with E-state index in [-0.39, 0.29) is 0 Å². The maximum Gasteiger partial charge on any atom is 0.0659 e. The lowest BCUT2D eigenvalue weighted by atomic mass is 10.2. The Bertz CT molecular complexity index is 563. The fraction of sp³-hybridized carbons (Fsp3) is 0.333. The van der Waals surface area contributed by atoms with Gasteiger partial charge in [0.1, 0.15) is 0 Å². The van der Waals surface area contributed by atoms with E-state index in [0.717, 1.165) is 16.4 Å². The quantitative estimate of drug-likeness (QED) is 0.858. The average Bonchev–Trinajstić information content (AvgIpc) is 2.75. The molecule has 0 saturated carbocycles. The lowest BCUT2D eigenvalue weighted by Crippen LogP contribution is -2.10. The second kappa shape index (κ2) is 5.85. The predicted molar refractivity (Wildman–Crippen MR) is 86.9 cm³/mol. The van der Waals surface area contributed by atoms with Gasteiger partial charge in [0.2, 0.25) is 0 Å². The van der Waals surface area contributed by atoms with Crippen molar-refractivity contribution in [2.75, 3.05) is 24.3 Å². The summed E-state index contributed by atoms with van der Waals surface area (Å²) in [4.78, 5) is 4.69. The van der Waals surface area contributed by atoms with E-state index >= 15 is 0 Å². The first-order valence-electron chi connectivity index (χ1n) is 6.27. The highest BCUT2D eigenvalue weighted by atomic mass is 35.5. The van der Waals surface area contributed by atoms with Gasteiger partial charge in [0.15, 0.2) is 0 Å². The van der Waals surface area contributed by atoms with Crippen LogP contribution in [0.1, 0.15) is 22.7 Å². The van der Waals surface area contributed by atoms with Crippen LogP contribution in [-0.4, -0.2) is 14.1 Å². The smallest absolute Gasteiger partial charge is 0.0659 e. The third kappa shape index (κ3) is 3.43. The van der Waals surface area contributed by atoms with Gasteiger partial charge in [0, 0.05) is 29.5 Å². The molecule has 0 radical (unpaired) electrons. The van der Waals surface area contributed by atoms with Gasteiger partial charge in [0.05, 0.1) is 16.8 Å². The van der Waals surface area contributed by atoms with Crippen molar-refractivity contribution in [3.63, 3.8) is 0 Å². The molecular formula is C15H19ClN2S. The molecule has 0 aliphatic rings. The molecule has 1 aromatic carbocycles. The topological polar surface area (TPSA) is 15.3 Å². The number of anilines is 2. The molecule has 1 atom stereocenters. The van der Waals surface area contributed by atoms with Gasteiger partial charge in [0.25, 0.3) is 0 Å². The van der Waals surface area contributed by atoms with Crippen LogP contribution in [0.3, 0.4) is 0 Å². The summed E-state index contributed by atoms with van der Waals surface area (Å²) in [5, 5.41) is 4.25. The Morgan fingerprint density at radius 3 is 2.47 bits per heavy atom. The van der Waals surface area contributed by atoms with Crippen molar-refractivity contribution in [2.45, 2.75) is 19.9 Å². The van der Waals surface area contributed by atoms with E-state index in [9.17, 15) is 0 Å². The molecular weight excluding hydrogens is 276 g/mol. The van der Waals surface area contributed by atoms with Gasteiger partial charge in [-0.15, -0.1) is 11.3 Å². The molecule has 1 heterocycles. The maximum absolute atomic E-state index is 6.28. The highest BCUT2D eigenvalue weighted by molar-refractivity contribution is 7.12. The van der Waals surface area contributed by atoms with Crippen molar-refractivity contribution < 1.29 is 0 Å². The molecule has 4 heteroatoms. The Morgan fingerprint density at radius 1 is 1.21 bits per heavy atom. The van der Waals surface area contributed by atoms with E-state index in [0.29, 0.717) is 6.04 Å². The Kier molecular flexibility index (Phi) is 4.38. The first-order valence-corrected chi connectivity index (χ1v) is 7.46. The van der Waals surface area contributed by atoms with Crippen LogP contribution in [0, 0.1) is 6.92 Å². The van der Waals surface area contributed by atoms with Gasteiger partial charge < -0.3 is 10.2 Å². The summed E-state index contributed by atoms with van der Waals surface area (Å²) in [7, 11) is 3.98. The number of nitrogens with zero attached hydrogens (tertiary/aromatic N) is 1. The lowest BCUT2D eigenvalue weighted by Gasteiger charge is -2.18. The van der Waals surface area contributed by atoms with Crippen molar-refractivity contribution >= 4 is 34.3 Å². The van der Waals surface area contributed by atoms with Crippen LogP contribution in [-0.2, 0) is 0 Å². The van der Waals surface area contributed by atoms with Crippen LogP contribution in [0.2, 0.25) is 5.02 Å². The largest absolute Gasteiger partial charge is 0.378 e. The highest BCUT2D eigenvalue weighted by Crippen LogP contribution is 2.30. The number of halogens is 1. The van der Waals surface area contributed by atoms with Crippen LogP contribution < -0.4 is 10.2 Å². The summed E-state index contributed by atoms with van der Waals surface area (Å²) < 4.78 is 0. The van der Waals surface area contributed by atoms with E-state index in [4.69, 9.17) is 11.6 Å². The fourth-order valence-corrected chi connectivity index (χ4v) is 3.20. The van der Waals surface area contributed by atoms with Crippen LogP contribution >= 0.6 is 22.9 Å². The van der Waals surface area contributed by atoms with Gasteiger partial charge in [-0.05, 0) is 44.2 Å². The van der Waals surface area contributed by atoms with Gasteiger partial charge in [-0.3, -0.25) is 0 Å². The SMILES string of the molecule is Cc1ccc(C(C)Nc2ccc(N(C)C)c(Cl)c2)s1. The lowest BCUT2D eigenvalue weighted by molar-refractivity contribution is 0.908. The minimum atomic E-state index is 0.292. The molecule has 19 heavy (non-hydrogen) atoms. The highest BCUT2D eigenvalue weighted by Gasteiger charge is 2.09. The number of benzene rings is 1. The van der Waals surface area contributed by atoms with Gasteiger partial charge in [-0.1, -0.05) is 11.6 Å². The zero-order valence-electron chi connectivity index (χ0n) is 11.7. The van der Waals surface area contributed by atoms with E-state index in [1.165, 1.54) is 9.75 Å². The Morgan fingerprint density at radius 2 is 1.95 bits per heavy atom. The first-order chi connectivity index (χ1) is 8.97. The summed E-state index contributed by atoms with van der Waals surface area (Å²) in [5.74, 6) is 0. The fourth-order valence-electron chi connectivity index (χ4n) is 1.97. The number of aryl methyl sites for hydroxylation is 1. The molecule has 0 bridgehead atoms. The second-order valence-corrected chi connectivity index (χ2v) is 6.60. The number of rotatable bonds is 4. The van der Waals surface area contributed by atoms with E-state index in [2.05, 4.69) is 37.4 Å². The molecule has 1 unspecified atom stereocenters. The molecule has 0 aliphatic carbocycles. The summed E-state index contributed by atoms with van der Waals surface area (Å²) >= 11 is 8.10. The molecule has 0 amide bonds. The minimum absolute atomic E-state index is 0.292. The molecule has 0 fully saturated rings. The van der Waals surface area contributed by atoms with Crippen LogP contribution in [0.15, 0.2) is 30.3 Å². The zero-order valence-corrected chi connectivity index (χ0v) is 13.3. The Labute approximate surface area is 124 Å². The van der Waals surface area contributed by atoms with Gasteiger partial charge in [-0.25, -0.2) is 0 Å². The number of hydrogen-bond acceptors (Lipinski definition) is 3.